The highest BCUT2D eigenvalue weighted by atomic mass is 16.5. The van der Waals surface area contributed by atoms with Gasteiger partial charge in [0.05, 0.1) is 22.8 Å². The zero-order valence-electron chi connectivity index (χ0n) is 19.6. The number of carbonyl (C=O) groups excluding carboxylic acids is 2. The van der Waals surface area contributed by atoms with Gasteiger partial charge in [0, 0.05) is 36.1 Å². The first-order chi connectivity index (χ1) is 17.4. The number of aromatic nitrogens is 4. The number of H-pyrrole nitrogens is 2. The summed E-state index contributed by atoms with van der Waals surface area (Å²) in [6.07, 6.45) is 0. The van der Waals surface area contributed by atoms with E-state index < -0.39 is 0 Å². The maximum atomic E-state index is 11.3. The smallest absolute Gasteiger partial charge is 0.308 e. The second-order valence-corrected chi connectivity index (χ2v) is 8.16. The van der Waals surface area contributed by atoms with E-state index in [4.69, 9.17) is 9.47 Å². The molecule has 36 heavy (non-hydrogen) atoms. The monoisotopic (exact) mass is 478 g/mol. The molecule has 0 saturated carbocycles. The Labute approximate surface area is 206 Å². The zero-order chi connectivity index (χ0) is 25.1. The predicted octanol–water partition coefficient (Wildman–Crippen LogP) is 5.65. The van der Waals surface area contributed by atoms with Crippen LogP contribution in [0.3, 0.4) is 0 Å². The number of carbonyl (C=O) groups is 2. The van der Waals surface area contributed by atoms with Crippen LogP contribution in [0.2, 0.25) is 0 Å². The van der Waals surface area contributed by atoms with E-state index in [1.165, 1.54) is 13.8 Å². The Hall–Kier alpha value is -4.98. The minimum Gasteiger partial charge on any atom is -0.427 e. The molecule has 8 heteroatoms. The molecule has 0 aliphatic heterocycles. The van der Waals surface area contributed by atoms with E-state index in [0.29, 0.717) is 11.5 Å². The van der Waals surface area contributed by atoms with Gasteiger partial charge in [-0.15, -0.1) is 0 Å². The second-order valence-electron chi connectivity index (χ2n) is 8.16. The van der Waals surface area contributed by atoms with Gasteiger partial charge in [-0.1, -0.05) is 42.5 Å². The van der Waals surface area contributed by atoms with Crippen LogP contribution < -0.4 is 9.47 Å². The molecule has 178 valence electrons. The molecule has 0 radical (unpaired) electrons. The Morgan fingerprint density at radius 1 is 0.583 bits per heavy atom. The number of esters is 2. The fourth-order valence-electron chi connectivity index (χ4n) is 3.86. The van der Waals surface area contributed by atoms with Crippen LogP contribution in [0.15, 0.2) is 84.9 Å². The minimum atomic E-state index is -0.368. The molecule has 3 aromatic carbocycles. The molecule has 2 aromatic heterocycles. The molecule has 2 N–H and O–H groups in total. The first-order valence-electron chi connectivity index (χ1n) is 11.2. The Balaban J connectivity index is 1.39. The van der Waals surface area contributed by atoms with Gasteiger partial charge in [0.1, 0.15) is 11.5 Å². The van der Waals surface area contributed by atoms with Crippen LogP contribution >= 0.6 is 0 Å². The van der Waals surface area contributed by atoms with Gasteiger partial charge in [-0.25, -0.2) is 0 Å². The number of nitrogens with zero attached hydrogens (tertiary/aromatic N) is 2. The summed E-state index contributed by atoms with van der Waals surface area (Å²) in [5.74, 6) is 0.220. The van der Waals surface area contributed by atoms with Crippen molar-refractivity contribution in [1.82, 2.24) is 20.4 Å². The summed E-state index contributed by atoms with van der Waals surface area (Å²) in [6.45, 7) is 2.74. The number of aromatic amines is 2. The van der Waals surface area contributed by atoms with Crippen molar-refractivity contribution in [3.05, 3.63) is 84.9 Å². The number of nitrogens with one attached hydrogen (secondary N) is 2. The molecule has 5 aromatic rings. The van der Waals surface area contributed by atoms with Crippen molar-refractivity contribution in [2.24, 2.45) is 0 Å². The number of benzene rings is 3. The van der Waals surface area contributed by atoms with E-state index in [-0.39, 0.29) is 11.9 Å². The summed E-state index contributed by atoms with van der Waals surface area (Å²) in [6, 6.07) is 26.4. The third-order valence-electron chi connectivity index (χ3n) is 5.42. The first kappa shape index (κ1) is 22.8. The molecule has 0 aliphatic carbocycles. The summed E-state index contributed by atoms with van der Waals surface area (Å²) in [5, 5.41) is 15.1. The average molecular weight is 479 g/mol. The maximum absolute atomic E-state index is 11.3. The molecule has 2 heterocycles. The van der Waals surface area contributed by atoms with Crippen molar-refractivity contribution in [3.63, 3.8) is 0 Å². The Kier molecular flexibility index (Phi) is 6.15. The third-order valence-corrected chi connectivity index (χ3v) is 5.42. The van der Waals surface area contributed by atoms with E-state index in [1.807, 2.05) is 60.7 Å². The summed E-state index contributed by atoms with van der Waals surface area (Å²) >= 11 is 0. The van der Waals surface area contributed by atoms with Gasteiger partial charge < -0.3 is 9.47 Å². The van der Waals surface area contributed by atoms with Crippen LogP contribution in [-0.4, -0.2) is 32.3 Å². The molecule has 0 amide bonds. The van der Waals surface area contributed by atoms with Crippen molar-refractivity contribution in [2.75, 3.05) is 0 Å². The second kappa shape index (κ2) is 9.71. The molecule has 0 spiro atoms. The van der Waals surface area contributed by atoms with Crippen molar-refractivity contribution >= 4 is 11.9 Å². The molecule has 0 unspecified atom stereocenters. The largest absolute Gasteiger partial charge is 0.427 e. The van der Waals surface area contributed by atoms with Gasteiger partial charge in [-0.2, -0.15) is 10.2 Å². The molecule has 0 bridgehead atoms. The first-order valence-corrected chi connectivity index (χ1v) is 11.2. The summed E-state index contributed by atoms with van der Waals surface area (Å²) in [4.78, 5) is 22.5. The van der Waals surface area contributed by atoms with Gasteiger partial charge >= 0.3 is 11.9 Å². The topological polar surface area (TPSA) is 110 Å². The van der Waals surface area contributed by atoms with Gasteiger partial charge in [-0.05, 0) is 42.5 Å². The highest BCUT2D eigenvalue weighted by molar-refractivity contribution is 5.76. The van der Waals surface area contributed by atoms with Gasteiger partial charge in [0.15, 0.2) is 0 Å². The Morgan fingerprint density at radius 2 is 1.00 bits per heavy atom. The molecular weight excluding hydrogens is 456 g/mol. The third kappa shape index (κ3) is 5.07. The molecule has 0 atom stereocenters. The normalized spacial score (nSPS) is 10.7. The number of hydrogen-bond donors (Lipinski definition) is 2. The van der Waals surface area contributed by atoms with Crippen LogP contribution in [0.1, 0.15) is 13.8 Å². The van der Waals surface area contributed by atoms with Crippen molar-refractivity contribution < 1.29 is 19.1 Å². The molecular formula is C28H22N4O4. The molecule has 8 nitrogen and oxygen atoms in total. The van der Waals surface area contributed by atoms with E-state index in [0.717, 1.165) is 45.0 Å². The van der Waals surface area contributed by atoms with E-state index in [2.05, 4.69) is 20.4 Å². The lowest BCUT2D eigenvalue weighted by Crippen LogP contribution is -2.01. The standard InChI is InChI=1S/C28H22N4O4/c1-17(33)35-23-10-4-8-21(13-23)27-15-25(29-31-27)19-6-3-7-20(12-19)26-16-28(32-30-26)22-9-5-11-24(14-22)36-18(2)34/h3-16H,1-2H3,(H,29,31)(H,30,32). The van der Waals surface area contributed by atoms with Gasteiger partial charge in [0.25, 0.3) is 0 Å². The molecule has 0 fully saturated rings. The lowest BCUT2D eigenvalue weighted by atomic mass is 10.0. The lowest BCUT2D eigenvalue weighted by molar-refractivity contribution is -0.132. The van der Waals surface area contributed by atoms with Crippen molar-refractivity contribution in [2.45, 2.75) is 13.8 Å². The maximum Gasteiger partial charge on any atom is 0.308 e. The Morgan fingerprint density at radius 3 is 1.44 bits per heavy atom. The fraction of sp³-hybridized carbons (Fsp3) is 0.0714. The Bertz CT molecular complexity index is 1450. The van der Waals surface area contributed by atoms with Crippen LogP contribution in [0, 0.1) is 0 Å². The van der Waals surface area contributed by atoms with Crippen LogP contribution in [-0.2, 0) is 9.59 Å². The quantitative estimate of drug-likeness (QED) is 0.241. The molecule has 5 rings (SSSR count). The van der Waals surface area contributed by atoms with Crippen LogP contribution in [0.25, 0.3) is 45.0 Å². The fourth-order valence-corrected chi connectivity index (χ4v) is 3.86. The predicted molar refractivity (Wildman–Crippen MR) is 135 cm³/mol. The highest BCUT2D eigenvalue weighted by Gasteiger charge is 2.11. The average Bonchev–Trinajstić information content (AvgIpc) is 3.55. The van der Waals surface area contributed by atoms with Crippen molar-refractivity contribution in [3.8, 4) is 56.5 Å². The summed E-state index contributed by atoms with van der Waals surface area (Å²) in [7, 11) is 0. The zero-order valence-corrected chi connectivity index (χ0v) is 19.6. The summed E-state index contributed by atoms with van der Waals surface area (Å²) in [5.41, 5.74) is 6.72. The summed E-state index contributed by atoms with van der Waals surface area (Å²) < 4.78 is 10.4. The van der Waals surface area contributed by atoms with E-state index in [1.54, 1.807) is 24.3 Å². The number of ether oxygens (including phenoxy) is 2. The SMILES string of the molecule is CC(=O)Oc1cccc(-c2cc(-c3cccc(-c4cc(-c5cccc(OC(C)=O)c5)[nH]n4)c3)n[nH]2)c1. The van der Waals surface area contributed by atoms with E-state index >= 15 is 0 Å². The molecule has 0 aliphatic rings. The number of hydrogen-bond acceptors (Lipinski definition) is 6. The van der Waals surface area contributed by atoms with Crippen LogP contribution in [0.5, 0.6) is 11.5 Å². The van der Waals surface area contributed by atoms with Crippen LogP contribution in [0.4, 0.5) is 0 Å². The number of rotatable bonds is 6. The van der Waals surface area contributed by atoms with Gasteiger partial charge in [-0.3, -0.25) is 19.8 Å². The van der Waals surface area contributed by atoms with Crippen molar-refractivity contribution in [1.29, 1.82) is 0 Å². The van der Waals surface area contributed by atoms with Gasteiger partial charge in [0.2, 0.25) is 0 Å². The minimum absolute atomic E-state index is 0.368. The lowest BCUT2D eigenvalue weighted by Gasteiger charge is -2.03. The molecule has 0 saturated heterocycles. The highest BCUT2D eigenvalue weighted by Crippen LogP contribution is 2.30. The van der Waals surface area contributed by atoms with E-state index in [9.17, 15) is 9.59 Å².